The van der Waals surface area contributed by atoms with E-state index in [1.807, 2.05) is 20.1 Å². The van der Waals surface area contributed by atoms with Crippen molar-refractivity contribution in [3.05, 3.63) is 26.4 Å². The molecule has 5 heteroatoms. The van der Waals surface area contributed by atoms with Crippen LogP contribution in [0.15, 0.2) is 14.6 Å². The van der Waals surface area contributed by atoms with E-state index in [0.29, 0.717) is 12.1 Å². The number of thioether (sulfide) groups is 1. The van der Waals surface area contributed by atoms with Gasteiger partial charge >= 0.3 is 5.69 Å². The number of hydrogen-bond donors (Lipinski definition) is 1. The van der Waals surface area contributed by atoms with E-state index in [4.69, 9.17) is 0 Å². The molecule has 96 valence electrons. The molecule has 0 fully saturated rings. The monoisotopic (exact) mass is 256 g/mol. The van der Waals surface area contributed by atoms with Crippen LogP contribution in [-0.2, 0) is 6.54 Å². The Bertz CT molecular complexity index is 488. The average molecular weight is 256 g/mol. The molecule has 1 heterocycles. The first-order valence-electron chi connectivity index (χ1n) is 5.93. The second-order valence-electron chi connectivity index (χ2n) is 4.34. The minimum absolute atomic E-state index is 0.120. The SMILES string of the molecule is CCCCn1c(SC)c(C(C)C)c(=O)[nH]c1=O. The van der Waals surface area contributed by atoms with Gasteiger partial charge in [0.05, 0.1) is 10.6 Å². The number of nitrogens with one attached hydrogen (secondary N) is 1. The van der Waals surface area contributed by atoms with Gasteiger partial charge in [-0.05, 0) is 18.6 Å². The second kappa shape index (κ2) is 6.10. The molecule has 1 rings (SSSR count). The van der Waals surface area contributed by atoms with Crippen molar-refractivity contribution in [3.63, 3.8) is 0 Å². The zero-order valence-corrected chi connectivity index (χ0v) is 11.7. The third-order valence-electron chi connectivity index (χ3n) is 2.69. The molecular weight excluding hydrogens is 236 g/mol. The van der Waals surface area contributed by atoms with Gasteiger partial charge in [0.2, 0.25) is 0 Å². The van der Waals surface area contributed by atoms with Gasteiger partial charge in [-0.15, -0.1) is 11.8 Å². The highest BCUT2D eigenvalue weighted by Gasteiger charge is 2.16. The Morgan fingerprint density at radius 3 is 2.47 bits per heavy atom. The molecule has 1 aromatic rings. The summed E-state index contributed by atoms with van der Waals surface area (Å²) < 4.78 is 1.69. The molecule has 0 saturated carbocycles. The smallest absolute Gasteiger partial charge is 0.288 e. The molecule has 0 aliphatic rings. The number of nitrogens with zero attached hydrogens (tertiary/aromatic N) is 1. The highest BCUT2D eigenvalue weighted by molar-refractivity contribution is 7.98. The van der Waals surface area contributed by atoms with Crippen LogP contribution in [0, 0.1) is 0 Å². The van der Waals surface area contributed by atoms with Gasteiger partial charge in [-0.3, -0.25) is 14.3 Å². The summed E-state index contributed by atoms with van der Waals surface area (Å²) in [6.07, 6.45) is 3.87. The molecule has 1 N–H and O–H groups in total. The number of aromatic nitrogens is 2. The standard InChI is InChI=1S/C12H20N2O2S/c1-5-6-7-14-11(17-4)9(8(2)3)10(15)13-12(14)16/h8H,5-7H2,1-4H3,(H,13,15,16). The Morgan fingerprint density at radius 2 is 2.00 bits per heavy atom. The van der Waals surface area contributed by atoms with Crippen LogP contribution in [0.3, 0.4) is 0 Å². The van der Waals surface area contributed by atoms with E-state index in [1.54, 1.807) is 4.57 Å². The maximum atomic E-state index is 11.8. The van der Waals surface area contributed by atoms with Gasteiger partial charge in [-0.2, -0.15) is 0 Å². The molecule has 0 saturated heterocycles. The fraction of sp³-hybridized carbons (Fsp3) is 0.667. The maximum Gasteiger partial charge on any atom is 0.329 e. The lowest BCUT2D eigenvalue weighted by Crippen LogP contribution is -2.34. The summed E-state index contributed by atoms with van der Waals surface area (Å²) in [6, 6.07) is 0. The Morgan fingerprint density at radius 1 is 1.35 bits per heavy atom. The Kier molecular flexibility index (Phi) is 5.05. The zero-order valence-electron chi connectivity index (χ0n) is 10.9. The molecule has 0 aliphatic carbocycles. The highest BCUT2D eigenvalue weighted by atomic mass is 32.2. The average Bonchev–Trinajstić information content (AvgIpc) is 2.26. The van der Waals surface area contributed by atoms with Crippen LogP contribution in [0.25, 0.3) is 0 Å². The maximum absolute atomic E-state index is 11.8. The van der Waals surface area contributed by atoms with Crippen molar-refractivity contribution in [2.45, 2.75) is 51.1 Å². The summed E-state index contributed by atoms with van der Waals surface area (Å²) in [5.41, 5.74) is 0.174. The van der Waals surface area contributed by atoms with Crippen LogP contribution >= 0.6 is 11.8 Å². The minimum Gasteiger partial charge on any atom is -0.288 e. The Hall–Kier alpha value is -0.970. The minimum atomic E-state index is -0.294. The first kappa shape index (κ1) is 14.1. The lowest BCUT2D eigenvalue weighted by molar-refractivity contribution is 0.539. The summed E-state index contributed by atoms with van der Waals surface area (Å²) in [7, 11) is 0. The first-order chi connectivity index (χ1) is 8.02. The molecule has 0 spiro atoms. The van der Waals surface area contributed by atoms with Gasteiger partial charge in [-0.1, -0.05) is 27.2 Å². The van der Waals surface area contributed by atoms with Crippen LogP contribution in [0.1, 0.15) is 45.1 Å². The van der Waals surface area contributed by atoms with Crippen LogP contribution in [0.4, 0.5) is 0 Å². The Labute approximate surface area is 105 Å². The molecular formula is C12H20N2O2S. The second-order valence-corrected chi connectivity index (χ2v) is 5.14. The normalized spacial score (nSPS) is 11.1. The molecule has 0 aromatic carbocycles. The summed E-state index contributed by atoms with van der Waals surface area (Å²) in [5, 5.41) is 0.808. The number of unbranched alkanes of at least 4 members (excludes halogenated alkanes) is 1. The van der Waals surface area contributed by atoms with Crippen molar-refractivity contribution in [2.75, 3.05) is 6.26 Å². The topological polar surface area (TPSA) is 54.9 Å². The predicted octanol–water partition coefficient (Wildman–Crippen LogP) is 2.18. The van der Waals surface area contributed by atoms with E-state index in [2.05, 4.69) is 11.9 Å². The van der Waals surface area contributed by atoms with Crippen LogP contribution in [0.5, 0.6) is 0 Å². The molecule has 0 radical (unpaired) electrons. The predicted molar refractivity (Wildman–Crippen MR) is 72.1 cm³/mol. The summed E-state index contributed by atoms with van der Waals surface area (Å²) >= 11 is 1.47. The van der Waals surface area contributed by atoms with Gasteiger partial charge in [0.15, 0.2) is 0 Å². The largest absolute Gasteiger partial charge is 0.329 e. The molecule has 1 aromatic heterocycles. The van der Waals surface area contributed by atoms with Gasteiger partial charge in [0, 0.05) is 6.54 Å². The van der Waals surface area contributed by atoms with E-state index in [0.717, 1.165) is 17.9 Å². The lowest BCUT2D eigenvalue weighted by Gasteiger charge is -2.15. The Balaban J connectivity index is 3.42. The van der Waals surface area contributed by atoms with Gasteiger partial charge < -0.3 is 0 Å². The van der Waals surface area contributed by atoms with Gasteiger partial charge in [0.1, 0.15) is 0 Å². The number of rotatable bonds is 5. The number of hydrogen-bond acceptors (Lipinski definition) is 3. The van der Waals surface area contributed by atoms with Crippen LogP contribution in [-0.4, -0.2) is 15.8 Å². The van der Waals surface area contributed by atoms with Crippen molar-refractivity contribution >= 4 is 11.8 Å². The summed E-state index contributed by atoms with van der Waals surface area (Å²) in [4.78, 5) is 26.0. The molecule has 0 atom stereocenters. The van der Waals surface area contributed by atoms with E-state index in [1.165, 1.54) is 11.8 Å². The molecule has 17 heavy (non-hydrogen) atoms. The molecule has 0 aliphatic heterocycles. The quantitative estimate of drug-likeness (QED) is 0.649. The third-order valence-corrected chi connectivity index (χ3v) is 3.52. The number of H-pyrrole nitrogens is 1. The zero-order chi connectivity index (χ0) is 13.0. The van der Waals surface area contributed by atoms with E-state index in [9.17, 15) is 9.59 Å². The van der Waals surface area contributed by atoms with E-state index in [-0.39, 0.29) is 17.2 Å². The van der Waals surface area contributed by atoms with Crippen LogP contribution in [0.2, 0.25) is 0 Å². The highest BCUT2D eigenvalue weighted by Crippen LogP contribution is 2.22. The van der Waals surface area contributed by atoms with Crippen LogP contribution < -0.4 is 11.2 Å². The lowest BCUT2D eigenvalue weighted by atomic mass is 10.1. The molecule has 4 nitrogen and oxygen atoms in total. The summed E-state index contributed by atoms with van der Waals surface area (Å²) in [6.45, 7) is 6.69. The number of aromatic amines is 1. The fourth-order valence-electron chi connectivity index (χ4n) is 1.82. The van der Waals surface area contributed by atoms with Crippen molar-refractivity contribution in [2.24, 2.45) is 0 Å². The molecule has 0 amide bonds. The van der Waals surface area contributed by atoms with Gasteiger partial charge in [0.25, 0.3) is 5.56 Å². The van der Waals surface area contributed by atoms with Crippen molar-refractivity contribution in [1.82, 2.24) is 9.55 Å². The fourth-order valence-corrected chi connectivity index (χ4v) is 2.76. The van der Waals surface area contributed by atoms with Crippen molar-refractivity contribution in [1.29, 1.82) is 0 Å². The van der Waals surface area contributed by atoms with E-state index >= 15 is 0 Å². The van der Waals surface area contributed by atoms with Gasteiger partial charge in [-0.25, -0.2) is 4.79 Å². The summed E-state index contributed by atoms with van der Waals surface area (Å²) in [5.74, 6) is 0.120. The molecule has 0 unspecified atom stereocenters. The third kappa shape index (κ3) is 3.03. The van der Waals surface area contributed by atoms with Crippen molar-refractivity contribution < 1.29 is 0 Å². The van der Waals surface area contributed by atoms with Crippen molar-refractivity contribution in [3.8, 4) is 0 Å². The van der Waals surface area contributed by atoms with E-state index < -0.39 is 0 Å². The molecule has 0 bridgehead atoms. The first-order valence-corrected chi connectivity index (χ1v) is 7.16.